The molecule has 0 spiro atoms. The maximum Gasteiger partial charge on any atom is 0.321 e. The topological polar surface area (TPSA) is 171 Å². The smallest absolute Gasteiger partial charge is 0.321 e. The first-order valence-corrected chi connectivity index (χ1v) is 7.93. The highest BCUT2D eigenvalue weighted by Crippen LogP contribution is 2.28. The van der Waals surface area contributed by atoms with E-state index in [1.54, 1.807) is 0 Å². The van der Waals surface area contributed by atoms with Crippen molar-refractivity contribution in [3.8, 4) is 11.5 Å². The van der Waals surface area contributed by atoms with Crippen LogP contribution in [0.1, 0.15) is 5.56 Å². The average Bonchev–Trinajstić information content (AvgIpc) is 2.60. The van der Waals surface area contributed by atoms with Crippen LogP contribution in [0.15, 0.2) is 18.2 Å². The standard InChI is InChI=1S/C16H23NO9/c1-17(15-14(23)13(22)12(21)11(6-18)26-15)8(16(24)25)4-7-2-3-9(19)10(20)5-7/h2-3,5,8,11-15,18-23H,4,6H2,1H3,(H,24,25)/t8-,11+,12+,13-,14+,15-/m0/s1. The lowest BCUT2D eigenvalue weighted by Crippen LogP contribution is -2.64. The number of aliphatic hydroxyl groups excluding tert-OH is 4. The molecule has 10 heteroatoms. The number of phenols is 2. The van der Waals surface area contributed by atoms with Gasteiger partial charge in [-0.1, -0.05) is 6.07 Å². The van der Waals surface area contributed by atoms with Gasteiger partial charge < -0.3 is 40.5 Å². The Labute approximate surface area is 149 Å². The molecule has 1 heterocycles. The van der Waals surface area contributed by atoms with Gasteiger partial charge in [-0.3, -0.25) is 9.69 Å². The summed E-state index contributed by atoms with van der Waals surface area (Å²) in [5.74, 6) is -2.00. The highest BCUT2D eigenvalue weighted by atomic mass is 16.6. The maximum atomic E-state index is 11.7. The number of aromatic hydroxyl groups is 2. The molecule has 1 aliphatic heterocycles. The zero-order valence-electron chi connectivity index (χ0n) is 14.0. The molecule has 0 aromatic heterocycles. The zero-order valence-corrected chi connectivity index (χ0v) is 14.0. The van der Waals surface area contributed by atoms with Gasteiger partial charge in [-0.15, -0.1) is 0 Å². The predicted octanol–water partition coefficient (Wildman–Crippen LogP) is -2.17. The zero-order chi connectivity index (χ0) is 19.6. The molecular formula is C16H23NO9. The molecule has 1 aromatic rings. The van der Waals surface area contributed by atoms with Gasteiger partial charge in [0.15, 0.2) is 11.5 Å². The third-order valence-corrected chi connectivity index (χ3v) is 4.51. The molecule has 26 heavy (non-hydrogen) atoms. The summed E-state index contributed by atoms with van der Waals surface area (Å²) in [6.45, 7) is -0.626. The third kappa shape index (κ3) is 4.06. The quantitative estimate of drug-likeness (QED) is 0.272. The van der Waals surface area contributed by atoms with E-state index in [1.165, 1.54) is 25.2 Å². The lowest BCUT2D eigenvalue weighted by Gasteiger charge is -2.44. The van der Waals surface area contributed by atoms with E-state index in [2.05, 4.69) is 0 Å². The lowest BCUT2D eigenvalue weighted by molar-refractivity contribution is -0.266. The van der Waals surface area contributed by atoms with Crippen molar-refractivity contribution in [3.63, 3.8) is 0 Å². The van der Waals surface area contributed by atoms with Crippen molar-refractivity contribution in [3.05, 3.63) is 23.8 Å². The minimum Gasteiger partial charge on any atom is -0.504 e. The summed E-state index contributed by atoms with van der Waals surface area (Å²) in [6, 6.07) is 2.65. The number of carbonyl (C=O) groups is 1. The van der Waals surface area contributed by atoms with Crippen molar-refractivity contribution in [2.45, 2.75) is 43.1 Å². The highest BCUT2D eigenvalue weighted by molar-refractivity contribution is 5.74. The van der Waals surface area contributed by atoms with Crippen molar-refractivity contribution < 1.29 is 45.3 Å². The molecule has 146 valence electrons. The number of phenolic OH excluding ortho intramolecular Hbond substituents is 2. The number of likely N-dealkylation sites (N-methyl/N-ethyl adjacent to an activating group) is 1. The van der Waals surface area contributed by atoms with Crippen LogP contribution in [0, 0.1) is 0 Å². The molecule has 0 bridgehead atoms. The summed E-state index contributed by atoms with van der Waals surface area (Å²) in [6.07, 6.45) is -7.33. The van der Waals surface area contributed by atoms with Gasteiger partial charge in [0.1, 0.15) is 36.7 Å². The fourth-order valence-corrected chi connectivity index (χ4v) is 2.92. The first kappa shape index (κ1) is 20.4. The van der Waals surface area contributed by atoms with E-state index in [0.717, 1.165) is 4.90 Å². The predicted molar refractivity (Wildman–Crippen MR) is 86.4 cm³/mol. The first-order chi connectivity index (χ1) is 12.2. The van der Waals surface area contributed by atoms with Crippen LogP contribution in [0.4, 0.5) is 0 Å². The van der Waals surface area contributed by atoms with Gasteiger partial charge in [-0.05, 0) is 31.2 Å². The second kappa shape index (κ2) is 8.16. The van der Waals surface area contributed by atoms with Gasteiger partial charge in [-0.25, -0.2) is 0 Å². The summed E-state index contributed by atoms with van der Waals surface area (Å²) in [4.78, 5) is 12.9. The molecule has 0 amide bonds. The number of nitrogens with zero attached hydrogens (tertiary/aromatic N) is 1. The minimum absolute atomic E-state index is 0.102. The summed E-state index contributed by atoms with van der Waals surface area (Å²) in [5, 5.41) is 67.5. The number of ether oxygens (including phenoxy) is 1. The number of hydrogen-bond donors (Lipinski definition) is 7. The Morgan fingerprint density at radius 1 is 1.15 bits per heavy atom. The molecule has 7 N–H and O–H groups in total. The van der Waals surface area contributed by atoms with Crippen LogP contribution >= 0.6 is 0 Å². The van der Waals surface area contributed by atoms with Crippen LogP contribution in [0.3, 0.4) is 0 Å². The van der Waals surface area contributed by atoms with Crippen molar-refractivity contribution in [1.82, 2.24) is 4.90 Å². The number of aliphatic hydroxyl groups is 4. The summed E-state index contributed by atoms with van der Waals surface area (Å²) < 4.78 is 5.37. The van der Waals surface area contributed by atoms with Crippen LogP contribution in [-0.2, 0) is 16.0 Å². The van der Waals surface area contributed by atoms with Crippen LogP contribution < -0.4 is 0 Å². The Hall–Kier alpha value is -1.95. The minimum atomic E-state index is -1.62. The van der Waals surface area contributed by atoms with Gasteiger partial charge in [-0.2, -0.15) is 0 Å². The highest BCUT2D eigenvalue weighted by Gasteiger charge is 2.47. The Balaban J connectivity index is 2.22. The number of hydrogen-bond acceptors (Lipinski definition) is 9. The molecular weight excluding hydrogens is 350 g/mol. The summed E-state index contributed by atoms with van der Waals surface area (Å²) >= 11 is 0. The molecule has 1 aliphatic rings. The van der Waals surface area contributed by atoms with E-state index in [-0.39, 0.29) is 12.2 Å². The fraction of sp³-hybridized carbons (Fsp3) is 0.562. The normalized spacial score (nSPS) is 30.3. The SMILES string of the molecule is CN([C@@H](Cc1ccc(O)c(O)c1)C(=O)O)[C@H]1O[C@H](CO)[C@@H](O)[C@H](O)[C@H]1O. The monoisotopic (exact) mass is 373 g/mol. The Bertz CT molecular complexity index is 638. The molecule has 10 nitrogen and oxygen atoms in total. The number of carboxylic acid groups (broad SMARTS) is 1. The van der Waals surface area contributed by atoms with Gasteiger partial charge in [0.2, 0.25) is 0 Å². The van der Waals surface area contributed by atoms with Crippen molar-refractivity contribution in [2.24, 2.45) is 0 Å². The largest absolute Gasteiger partial charge is 0.504 e. The molecule has 0 unspecified atom stereocenters. The second-order valence-corrected chi connectivity index (χ2v) is 6.27. The lowest BCUT2D eigenvalue weighted by atomic mass is 9.96. The molecule has 1 fully saturated rings. The maximum absolute atomic E-state index is 11.7. The second-order valence-electron chi connectivity index (χ2n) is 6.27. The molecule has 1 saturated heterocycles. The van der Waals surface area contributed by atoms with Crippen LogP contribution in [0.2, 0.25) is 0 Å². The molecule has 0 saturated carbocycles. The molecule has 0 radical (unpaired) electrons. The van der Waals surface area contributed by atoms with Crippen LogP contribution in [-0.4, -0.2) is 97.0 Å². The van der Waals surface area contributed by atoms with Gasteiger partial charge in [0, 0.05) is 0 Å². The number of aliphatic carboxylic acids is 1. The van der Waals surface area contributed by atoms with E-state index >= 15 is 0 Å². The fourth-order valence-electron chi connectivity index (χ4n) is 2.92. The van der Waals surface area contributed by atoms with Crippen molar-refractivity contribution in [2.75, 3.05) is 13.7 Å². The number of benzene rings is 1. The molecule has 2 rings (SSSR count). The van der Waals surface area contributed by atoms with E-state index in [1.807, 2.05) is 0 Å². The van der Waals surface area contributed by atoms with Crippen molar-refractivity contribution in [1.29, 1.82) is 0 Å². The average molecular weight is 373 g/mol. The number of carboxylic acids is 1. The van der Waals surface area contributed by atoms with Crippen LogP contribution in [0.25, 0.3) is 0 Å². The molecule has 0 aliphatic carbocycles. The van der Waals surface area contributed by atoms with Gasteiger partial charge in [0.25, 0.3) is 0 Å². The molecule has 1 aromatic carbocycles. The number of rotatable bonds is 6. The van der Waals surface area contributed by atoms with E-state index in [4.69, 9.17) is 4.74 Å². The van der Waals surface area contributed by atoms with Gasteiger partial charge in [0.05, 0.1) is 6.61 Å². The van der Waals surface area contributed by atoms with E-state index in [0.29, 0.717) is 5.56 Å². The summed E-state index contributed by atoms with van der Waals surface area (Å²) in [7, 11) is 1.35. The van der Waals surface area contributed by atoms with Crippen LogP contribution in [0.5, 0.6) is 11.5 Å². The summed E-state index contributed by atoms with van der Waals surface area (Å²) in [5.41, 5.74) is 0.407. The Morgan fingerprint density at radius 3 is 2.35 bits per heavy atom. The van der Waals surface area contributed by atoms with Crippen molar-refractivity contribution >= 4 is 5.97 Å². The Kier molecular flexibility index (Phi) is 6.39. The van der Waals surface area contributed by atoms with Gasteiger partial charge >= 0.3 is 5.97 Å². The third-order valence-electron chi connectivity index (χ3n) is 4.51. The Morgan fingerprint density at radius 2 is 1.81 bits per heavy atom. The van der Waals surface area contributed by atoms with E-state index in [9.17, 15) is 40.5 Å². The van der Waals surface area contributed by atoms with E-state index < -0.39 is 55.0 Å². The first-order valence-electron chi connectivity index (χ1n) is 7.93. The molecule has 6 atom stereocenters.